The van der Waals surface area contributed by atoms with Gasteiger partial charge in [0.05, 0.1) is 17.5 Å². The van der Waals surface area contributed by atoms with Crippen LogP contribution < -0.4 is 10.2 Å². The van der Waals surface area contributed by atoms with E-state index in [4.69, 9.17) is 23.2 Å². The smallest absolute Gasteiger partial charge is 0.253 e. The summed E-state index contributed by atoms with van der Waals surface area (Å²) < 4.78 is 0.621. The lowest BCUT2D eigenvalue weighted by Gasteiger charge is -2.50. The summed E-state index contributed by atoms with van der Waals surface area (Å²) in [5.41, 5.74) is 3.05. The molecule has 0 bridgehead atoms. The first-order chi connectivity index (χ1) is 21.0. The number of nitrogens with zero attached hydrogens (tertiary/aromatic N) is 2. The summed E-state index contributed by atoms with van der Waals surface area (Å²) in [5, 5.41) is 14.3. The van der Waals surface area contributed by atoms with Crippen molar-refractivity contribution < 1.29 is 24.3 Å². The van der Waals surface area contributed by atoms with Crippen molar-refractivity contribution >= 4 is 79.8 Å². The number of imide groups is 2. The Kier molecular flexibility index (Phi) is 6.73. The number of anilines is 3. The number of fused-ring (bicyclic) bond motifs is 4. The minimum Gasteiger partial charge on any atom is -0.508 e. The highest BCUT2D eigenvalue weighted by atomic mass is 79.9. The van der Waals surface area contributed by atoms with E-state index < -0.39 is 51.1 Å². The molecule has 44 heavy (non-hydrogen) atoms. The van der Waals surface area contributed by atoms with E-state index in [-0.39, 0.29) is 24.5 Å². The van der Waals surface area contributed by atoms with Crippen LogP contribution in [-0.2, 0) is 19.2 Å². The van der Waals surface area contributed by atoms with Gasteiger partial charge in [0, 0.05) is 34.4 Å². The Hall–Kier alpha value is -3.66. The third-order valence-corrected chi connectivity index (χ3v) is 11.4. The summed E-state index contributed by atoms with van der Waals surface area (Å²) in [5.74, 6) is -5.42. The molecule has 1 saturated carbocycles. The van der Waals surface area contributed by atoms with E-state index in [0.717, 1.165) is 16.3 Å². The fraction of sp³-hybridized carbons (Fsp3) is 0.273. The number of hydrogen-bond acceptors (Lipinski definition) is 6. The number of phenols is 1. The second-order valence-electron chi connectivity index (χ2n) is 11.8. The maximum atomic E-state index is 14.2. The SMILES string of the molecule is CN1C(=O)[C@]2(Cl)C[C@@H]3C(=CC[C@@H]4C(=O)N(c5ccc(Nc6ccccc6)cc5)C(=O)[C@@H]43)[C@H](c3cc(Br)ccc3O)[C@]2(Cl)C1=O. The Morgan fingerprint density at radius 1 is 0.886 bits per heavy atom. The minimum atomic E-state index is -1.96. The number of halogens is 3. The van der Waals surface area contributed by atoms with Gasteiger partial charge in [0.2, 0.25) is 11.8 Å². The number of allylic oxidation sites excluding steroid dienone is 2. The van der Waals surface area contributed by atoms with Crippen LogP contribution >= 0.6 is 39.1 Å². The molecule has 0 spiro atoms. The van der Waals surface area contributed by atoms with E-state index >= 15 is 0 Å². The normalized spacial score (nSPS) is 31.0. The molecular weight excluding hydrogens is 669 g/mol. The van der Waals surface area contributed by atoms with Gasteiger partial charge in [-0.15, -0.1) is 23.2 Å². The number of carbonyl (C=O) groups excluding carboxylic acids is 4. The van der Waals surface area contributed by atoms with E-state index in [9.17, 15) is 24.3 Å². The third kappa shape index (κ3) is 3.95. The van der Waals surface area contributed by atoms with E-state index in [0.29, 0.717) is 21.3 Å². The number of benzene rings is 3. The Morgan fingerprint density at radius 3 is 2.27 bits per heavy atom. The summed E-state index contributed by atoms with van der Waals surface area (Å²) in [6.45, 7) is 0. The number of amides is 4. The molecule has 2 saturated heterocycles. The molecule has 0 aromatic heterocycles. The van der Waals surface area contributed by atoms with Crippen LogP contribution in [0.5, 0.6) is 5.75 Å². The first-order valence-corrected chi connectivity index (χ1v) is 15.7. The van der Waals surface area contributed by atoms with E-state index in [1.54, 1.807) is 36.4 Å². The van der Waals surface area contributed by atoms with Crippen LogP contribution in [0.25, 0.3) is 0 Å². The Balaban J connectivity index is 1.28. The first-order valence-electron chi connectivity index (χ1n) is 14.2. The fourth-order valence-corrected chi connectivity index (χ4v) is 8.87. The van der Waals surface area contributed by atoms with Crippen molar-refractivity contribution in [2.75, 3.05) is 17.3 Å². The van der Waals surface area contributed by atoms with Gasteiger partial charge >= 0.3 is 0 Å². The Bertz CT molecular complexity index is 1780. The van der Waals surface area contributed by atoms with Crippen molar-refractivity contribution in [3.63, 3.8) is 0 Å². The van der Waals surface area contributed by atoms with Crippen LogP contribution in [0.2, 0.25) is 0 Å². The van der Waals surface area contributed by atoms with Crippen molar-refractivity contribution in [1.82, 2.24) is 4.90 Å². The molecule has 7 rings (SSSR count). The standard InChI is InChI=1S/C33H26BrCl2N3O5/c1-38-30(43)32(35)16-24-21(27(33(32,36)31(38)44)23-15-17(34)7-14-25(23)40)12-13-22-26(24)29(42)39(28(22)41)20-10-8-19(9-11-20)37-18-5-3-2-4-6-18/h2-12,14-15,22,24,26-27,37,40H,13,16H2,1H3/t22-,24+,26-,27+,32+,33-/m0/s1. The van der Waals surface area contributed by atoms with Gasteiger partial charge in [0.25, 0.3) is 11.8 Å². The second-order valence-corrected chi connectivity index (χ2v) is 13.9. The van der Waals surface area contributed by atoms with E-state index in [2.05, 4.69) is 21.2 Å². The predicted molar refractivity (Wildman–Crippen MR) is 170 cm³/mol. The van der Waals surface area contributed by atoms with Gasteiger partial charge in [-0.3, -0.25) is 29.0 Å². The third-order valence-electron chi connectivity index (χ3n) is 9.50. The summed E-state index contributed by atoms with van der Waals surface area (Å²) in [4.78, 5) is 53.6. The first kappa shape index (κ1) is 29.1. The molecule has 224 valence electrons. The molecule has 6 atom stereocenters. The van der Waals surface area contributed by atoms with Gasteiger partial charge in [-0.25, -0.2) is 0 Å². The van der Waals surface area contributed by atoms with E-state index in [1.165, 1.54) is 18.0 Å². The lowest BCUT2D eigenvalue weighted by atomic mass is 9.56. The molecule has 4 aliphatic rings. The number of carbonyl (C=O) groups is 4. The van der Waals surface area contributed by atoms with Crippen LogP contribution in [0, 0.1) is 17.8 Å². The Morgan fingerprint density at radius 2 is 1.57 bits per heavy atom. The topological polar surface area (TPSA) is 107 Å². The molecule has 8 nitrogen and oxygen atoms in total. The molecule has 2 N–H and O–H groups in total. The number of para-hydroxylation sites is 1. The lowest BCUT2D eigenvalue weighted by Crippen LogP contribution is -2.60. The van der Waals surface area contributed by atoms with Crippen LogP contribution in [0.3, 0.4) is 0 Å². The number of phenolic OH excluding ortho intramolecular Hbond substituents is 1. The highest BCUT2D eigenvalue weighted by molar-refractivity contribution is 9.10. The summed E-state index contributed by atoms with van der Waals surface area (Å²) >= 11 is 17.8. The zero-order chi connectivity index (χ0) is 31.1. The average molecular weight is 695 g/mol. The molecule has 11 heteroatoms. The van der Waals surface area contributed by atoms with Crippen LogP contribution in [0.15, 0.2) is 88.9 Å². The van der Waals surface area contributed by atoms with Crippen molar-refractivity contribution in [2.24, 2.45) is 17.8 Å². The molecule has 2 aliphatic heterocycles. The second kappa shape index (κ2) is 10.2. The fourth-order valence-electron chi connectivity index (χ4n) is 7.48. The number of rotatable bonds is 4. The van der Waals surface area contributed by atoms with Gasteiger partial charge in [-0.05, 0) is 73.4 Å². The zero-order valence-corrected chi connectivity index (χ0v) is 26.4. The van der Waals surface area contributed by atoms with Gasteiger partial charge in [-0.1, -0.05) is 45.8 Å². The monoisotopic (exact) mass is 693 g/mol. The molecule has 3 aromatic rings. The highest BCUT2D eigenvalue weighted by Crippen LogP contribution is 2.66. The molecule has 3 fully saturated rings. The van der Waals surface area contributed by atoms with Gasteiger partial charge in [0.1, 0.15) is 5.75 Å². The van der Waals surface area contributed by atoms with Crippen molar-refractivity contribution in [3.8, 4) is 5.75 Å². The molecule has 0 radical (unpaired) electrons. The number of alkyl halides is 2. The molecule has 2 heterocycles. The number of likely N-dealkylation sites (tertiary alicyclic amines) is 1. The van der Waals surface area contributed by atoms with Crippen LogP contribution in [0.4, 0.5) is 17.1 Å². The largest absolute Gasteiger partial charge is 0.508 e. The van der Waals surface area contributed by atoms with Crippen molar-refractivity contribution in [3.05, 3.63) is 94.5 Å². The van der Waals surface area contributed by atoms with Crippen LogP contribution in [0.1, 0.15) is 24.3 Å². The number of hydrogen-bond donors (Lipinski definition) is 2. The summed E-state index contributed by atoms with van der Waals surface area (Å²) in [7, 11) is 1.33. The summed E-state index contributed by atoms with van der Waals surface area (Å²) in [6, 6.07) is 21.4. The highest BCUT2D eigenvalue weighted by Gasteiger charge is 2.76. The lowest BCUT2D eigenvalue weighted by molar-refractivity contribution is -0.138. The predicted octanol–water partition coefficient (Wildman–Crippen LogP) is 6.09. The molecular formula is C33H26BrCl2N3O5. The molecule has 3 aromatic carbocycles. The van der Waals surface area contributed by atoms with E-state index in [1.807, 2.05) is 36.4 Å². The molecule has 4 amide bonds. The zero-order valence-electron chi connectivity index (χ0n) is 23.3. The minimum absolute atomic E-state index is 0.113. The van der Waals surface area contributed by atoms with Crippen molar-refractivity contribution in [2.45, 2.75) is 28.5 Å². The average Bonchev–Trinajstić information content (AvgIpc) is 3.34. The van der Waals surface area contributed by atoms with Crippen LogP contribution in [-0.4, -0.2) is 50.4 Å². The van der Waals surface area contributed by atoms with Gasteiger partial charge < -0.3 is 10.4 Å². The number of aromatic hydroxyl groups is 1. The van der Waals surface area contributed by atoms with Crippen molar-refractivity contribution in [1.29, 1.82) is 0 Å². The van der Waals surface area contributed by atoms with Gasteiger partial charge in [-0.2, -0.15) is 0 Å². The maximum Gasteiger partial charge on any atom is 0.253 e. The summed E-state index contributed by atoms with van der Waals surface area (Å²) in [6.07, 6.45) is 1.96. The Labute approximate surface area is 271 Å². The number of nitrogens with one attached hydrogen (secondary N) is 1. The molecule has 0 unspecified atom stereocenters. The van der Waals surface area contributed by atoms with Gasteiger partial charge in [0.15, 0.2) is 9.75 Å². The molecule has 2 aliphatic carbocycles. The quantitative estimate of drug-likeness (QED) is 0.195. The maximum absolute atomic E-state index is 14.2.